The highest BCUT2D eigenvalue weighted by atomic mass is 16.3. The molecule has 0 spiro atoms. The summed E-state index contributed by atoms with van der Waals surface area (Å²) < 4.78 is 0. The Morgan fingerprint density at radius 3 is 1.87 bits per heavy atom. The van der Waals surface area contributed by atoms with Gasteiger partial charge in [-0.3, -0.25) is 0 Å². The molecule has 0 fully saturated rings. The van der Waals surface area contributed by atoms with Crippen molar-refractivity contribution in [1.29, 1.82) is 0 Å². The van der Waals surface area contributed by atoms with Crippen molar-refractivity contribution in [2.24, 2.45) is 5.92 Å². The van der Waals surface area contributed by atoms with Crippen molar-refractivity contribution < 1.29 is 5.11 Å². The first-order valence-electron chi connectivity index (χ1n) is 5.66. The number of aliphatic hydroxyl groups is 1. The van der Waals surface area contributed by atoms with Crippen molar-refractivity contribution >= 4 is 0 Å². The Hall–Kier alpha value is -0.820. The van der Waals surface area contributed by atoms with Crippen molar-refractivity contribution in [3.05, 3.63) is 34.4 Å². The first kappa shape index (κ1) is 12.3. The number of hydrogen-bond donors (Lipinski definition) is 1. The first-order valence-corrected chi connectivity index (χ1v) is 5.66. The zero-order valence-electron chi connectivity index (χ0n) is 10.5. The molecular formula is C14H22O. The predicted octanol–water partition coefficient (Wildman–Crippen LogP) is 3.34. The van der Waals surface area contributed by atoms with Gasteiger partial charge in [0.15, 0.2) is 0 Å². The fourth-order valence-electron chi connectivity index (χ4n) is 2.41. The van der Waals surface area contributed by atoms with Crippen LogP contribution in [0.2, 0.25) is 0 Å². The molecule has 1 atom stereocenters. The zero-order chi connectivity index (χ0) is 11.6. The number of aliphatic hydroxyl groups excluding tert-OH is 1. The molecule has 0 aliphatic heterocycles. The van der Waals surface area contributed by atoms with E-state index in [0.29, 0.717) is 5.92 Å². The van der Waals surface area contributed by atoms with Crippen LogP contribution in [0.15, 0.2) is 12.1 Å². The number of aryl methyl sites for hydroxylation is 3. The topological polar surface area (TPSA) is 20.2 Å². The second kappa shape index (κ2) is 4.80. The molecule has 1 rings (SSSR count). The van der Waals surface area contributed by atoms with E-state index in [1.165, 1.54) is 22.3 Å². The van der Waals surface area contributed by atoms with Crippen LogP contribution in [0.1, 0.15) is 42.0 Å². The summed E-state index contributed by atoms with van der Waals surface area (Å²) in [5.74, 6) is 0.751. The minimum absolute atomic E-state index is 0.238. The molecule has 0 aliphatic carbocycles. The van der Waals surface area contributed by atoms with Gasteiger partial charge in [-0.05, 0) is 43.4 Å². The second-order valence-electron chi connectivity index (χ2n) is 4.85. The fraction of sp³-hybridized carbons (Fsp3) is 0.571. The molecule has 0 aliphatic rings. The molecule has 0 aromatic heterocycles. The predicted molar refractivity (Wildman–Crippen MR) is 65.3 cm³/mol. The Balaban J connectivity index is 3.23. The van der Waals surface area contributed by atoms with Crippen LogP contribution in [0.4, 0.5) is 0 Å². The third-order valence-corrected chi connectivity index (χ3v) is 3.11. The van der Waals surface area contributed by atoms with Crippen molar-refractivity contribution in [2.75, 3.05) is 6.61 Å². The molecule has 84 valence electrons. The smallest absolute Gasteiger partial charge is 0.0502 e. The van der Waals surface area contributed by atoms with Gasteiger partial charge in [-0.25, -0.2) is 0 Å². The molecule has 0 heterocycles. The van der Waals surface area contributed by atoms with Gasteiger partial charge in [0, 0.05) is 5.92 Å². The Bertz CT molecular complexity index is 316. The van der Waals surface area contributed by atoms with Gasteiger partial charge in [-0.2, -0.15) is 0 Å². The fourth-order valence-corrected chi connectivity index (χ4v) is 2.41. The minimum atomic E-state index is 0.238. The van der Waals surface area contributed by atoms with E-state index in [-0.39, 0.29) is 12.5 Å². The van der Waals surface area contributed by atoms with Gasteiger partial charge < -0.3 is 5.11 Å². The second-order valence-corrected chi connectivity index (χ2v) is 4.85. The maximum atomic E-state index is 9.47. The maximum absolute atomic E-state index is 9.47. The highest BCUT2D eigenvalue weighted by Crippen LogP contribution is 2.30. The molecule has 0 bridgehead atoms. The monoisotopic (exact) mass is 206 g/mol. The van der Waals surface area contributed by atoms with Crippen LogP contribution in [0.25, 0.3) is 0 Å². The van der Waals surface area contributed by atoms with Crippen molar-refractivity contribution in [3.63, 3.8) is 0 Å². The summed E-state index contributed by atoms with van der Waals surface area (Å²) in [5, 5.41) is 9.47. The molecule has 1 heteroatoms. The lowest BCUT2D eigenvalue weighted by molar-refractivity contribution is 0.236. The number of hydrogen-bond acceptors (Lipinski definition) is 1. The van der Waals surface area contributed by atoms with Crippen molar-refractivity contribution in [3.8, 4) is 0 Å². The molecular weight excluding hydrogens is 184 g/mol. The highest BCUT2D eigenvalue weighted by molar-refractivity contribution is 5.40. The Kier molecular flexibility index (Phi) is 3.92. The van der Waals surface area contributed by atoms with Crippen molar-refractivity contribution in [1.82, 2.24) is 0 Å². The van der Waals surface area contributed by atoms with E-state index in [1.54, 1.807) is 0 Å². The molecule has 1 unspecified atom stereocenters. The van der Waals surface area contributed by atoms with Crippen molar-refractivity contribution in [2.45, 2.75) is 40.5 Å². The molecule has 0 saturated carbocycles. The summed E-state index contributed by atoms with van der Waals surface area (Å²) in [6.07, 6.45) is 0. The van der Waals surface area contributed by atoms with Crippen LogP contribution < -0.4 is 0 Å². The summed E-state index contributed by atoms with van der Waals surface area (Å²) in [4.78, 5) is 0. The van der Waals surface area contributed by atoms with E-state index in [4.69, 9.17) is 0 Å². The van der Waals surface area contributed by atoms with Gasteiger partial charge in [0.05, 0.1) is 6.61 Å². The minimum Gasteiger partial charge on any atom is -0.396 e. The molecule has 0 saturated heterocycles. The lowest BCUT2D eigenvalue weighted by Crippen LogP contribution is -2.14. The Morgan fingerprint density at radius 1 is 1.07 bits per heavy atom. The lowest BCUT2D eigenvalue weighted by Gasteiger charge is -2.23. The molecule has 1 aromatic rings. The van der Waals surface area contributed by atoms with E-state index >= 15 is 0 Å². The Morgan fingerprint density at radius 2 is 1.53 bits per heavy atom. The van der Waals surface area contributed by atoms with Gasteiger partial charge in [0.25, 0.3) is 0 Å². The number of benzene rings is 1. The van der Waals surface area contributed by atoms with E-state index in [1.807, 2.05) is 0 Å². The van der Waals surface area contributed by atoms with Crippen LogP contribution in [0, 0.1) is 26.7 Å². The molecule has 1 aromatic carbocycles. The summed E-state index contributed by atoms with van der Waals surface area (Å²) >= 11 is 0. The van der Waals surface area contributed by atoms with Gasteiger partial charge >= 0.3 is 0 Å². The summed E-state index contributed by atoms with van der Waals surface area (Å²) in [5.41, 5.74) is 5.24. The quantitative estimate of drug-likeness (QED) is 0.804. The van der Waals surface area contributed by atoms with E-state index in [9.17, 15) is 5.11 Å². The molecule has 0 radical (unpaired) electrons. The lowest BCUT2D eigenvalue weighted by atomic mass is 9.83. The first-order chi connectivity index (χ1) is 6.97. The van der Waals surface area contributed by atoms with Gasteiger partial charge in [-0.1, -0.05) is 31.5 Å². The zero-order valence-corrected chi connectivity index (χ0v) is 10.5. The highest BCUT2D eigenvalue weighted by Gasteiger charge is 2.18. The van der Waals surface area contributed by atoms with Gasteiger partial charge in [0.2, 0.25) is 0 Å². The molecule has 1 nitrogen and oxygen atoms in total. The summed E-state index contributed by atoms with van der Waals surface area (Å²) in [6.45, 7) is 11.0. The maximum Gasteiger partial charge on any atom is 0.0502 e. The molecule has 1 N–H and O–H groups in total. The van der Waals surface area contributed by atoms with Crippen LogP contribution >= 0.6 is 0 Å². The van der Waals surface area contributed by atoms with E-state index in [0.717, 1.165) is 0 Å². The van der Waals surface area contributed by atoms with Crippen LogP contribution in [0.3, 0.4) is 0 Å². The Labute approximate surface area is 93.1 Å². The number of rotatable bonds is 3. The normalized spacial score (nSPS) is 13.3. The van der Waals surface area contributed by atoms with Crippen LogP contribution in [0.5, 0.6) is 0 Å². The average molecular weight is 206 g/mol. The SMILES string of the molecule is Cc1cc(C)c(C(CO)C(C)C)c(C)c1. The van der Waals surface area contributed by atoms with E-state index < -0.39 is 0 Å². The third kappa shape index (κ3) is 2.60. The van der Waals surface area contributed by atoms with Gasteiger partial charge in [0.1, 0.15) is 0 Å². The molecule has 0 amide bonds. The third-order valence-electron chi connectivity index (χ3n) is 3.11. The van der Waals surface area contributed by atoms with Crippen LogP contribution in [-0.4, -0.2) is 11.7 Å². The largest absolute Gasteiger partial charge is 0.396 e. The average Bonchev–Trinajstić information content (AvgIpc) is 2.09. The van der Waals surface area contributed by atoms with E-state index in [2.05, 4.69) is 46.8 Å². The van der Waals surface area contributed by atoms with Gasteiger partial charge in [-0.15, -0.1) is 0 Å². The summed E-state index contributed by atoms with van der Waals surface area (Å²) in [6, 6.07) is 4.40. The summed E-state index contributed by atoms with van der Waals surface area (Å²) in [7, 11) is 0. The standard InChI is InChI=1S/C14H22O/c1-9(2)13(8-15)14-11(4)6-10(3)7-12(14)5/h6-7,9,13,15H,8H2,1-5H3. The van der Waals surface area contributed by atoms with Crippen LogP contribution in [-0.2, 0) is 0 Å². The molecule has 15 heavy (non-hydrogen) atoms.